The molecule has 0 aliphatic rings. The molecule has 0 saturated carbocycles. The van der Waals surface area contributed by atoms with E-state index in [9.17, 15) is 18.0 Å². The molecule has 3 aromatic rings. The van der Waals surface area contributed by atoms with Gasteiger partial charge >= 0.3 is 0 Å². The van der Waals surface area contributed by atoms with Crippen molar-refractivity contribution in [2.75, 3.05) is 17.5 Å². The van der Waals surface area contributed by atoms with Gasteiger partial charge in [-0.25, -0.2) is 8.42 Å². The summed E-state index contributed by atoms with van der Waals surface area (Å²) < 4.78 is 34.9. The lowest BCUT2D eigenvalue weighted by Crippen LogP contribution is -2.52. The van der Waals surface area contributed by atoms with Crippen LogP contribution >= 0.6 is 11.6 Å². The van der Waals surface area contributed by atoms with Crippen LogP contribution in [0.5, 0.6) is 5.75 Å². The van der Waals surface area contributed by atoms with E-state index in [-0.39, 0.29) is 29.1 Å². The van der Waals surface area contributed by atoms with Gasteiger partial charge in [-0.15, -0.1) is 0 Å². The summed E-state index contributed by atoms with van der Waals surface area (Å²) in [5.41, 5.74) is 1.75. The van der Waals surface area contributed by atoms with Gasteiger partial charge in [0.15, 0.2) is 0 Å². The fourth-order valence-corrected chi connectivity index (χ4v) is 5.77. The molecule has 2 atom stereocenters. The average molecular weight is 600 g/mol. The highest BCUT2D eigenvalue weighted by Crippen LogP contribution is 2.33. The van der Waals surface area contributed by atoms with Gasteiger partial charge in [0.25, 0.3) is 10.0 Å². The van der Waals surface area contributed by atoms with E-state index >= 15 is 0 Å². The van der Waals surface area contributed by atoms with Crippen LogP contribution in [0.25, 0.3) is 0 Å². The fraction of sp³-hybridized carbons (Fsp3) is 0.355. The Morgan fingerprint density at radius 3 is 2.22 bits per heavy atom. The maximum Gasteiger partial charge on any atom is 0.264 e. The molecule has 0 spiro atoms. The van der Waals surface area contributed by atoms with Gasteiger partial charge in [0, 0.05) is 17.6 Å². The van der Waals surface area contributed by atoms with Crippen LogP contribution in [-0.4, -0.2) is 50.4 Å². The molecule has 0 fully saturated rings. The van der Waals surface area contributed by atoms with Crippen molar-refractivity contribution in [2.45, 2.75) is 64.6 Å². The number of rotatable bonds is 13. The van der Waals surface area contributed by atoms with Gasteiger partial charge < -0.3 is 15.0 Å². The van der Waals surface area contributed by atoms with Crippen molar-refractivity contribution in [1.29, 1.82) is 0 Å². The summed E-state index contributed by atoms with van der Waals surface area (Å²) in [6.07, 6.45) is 0.716. The fourth-order valence-electron chi connectivity index (χ4n) is 4.15. The third-order valence-corrected chi connectivity index (χ3v) is 8.93. The Labute approximate surface area is 248 Å². The highest BCUT2D eigenvalue weighted by atomic mass is 35.5. The summed E-state index contributed by atoms with van der Waals surface area (Å²) in [5, 5.41) is 3.36. The molecule has 0 aromatic heterocycles. The van der Waals surface area contributed by atoms with E-state index in [0.29, 0.717) is 29.4 Å². The van der Waals surface area contributed by atoms with Crippen molar-refractivity contribution < 1.29 is 22.7 Å². The second-order valence-electron chi connectivity index (χ2n) is 9.83. The molecule has 0 unspecified atom stereocenters. The first-order chi connectivity index (χ1) is 19.5. The Balaban J connectivity index is 2.09. The molecule has 0 bridgehead atoms. The van der Waals surface area contributed by atoms with Crippen molar-refractivity contribution >= 4 is 39.1 Å². The molecule has 0 heterocycles. The quantitative estimate of drug-likeness (QED) is 0.277. The second kappa shape index (κ2) is 14.4. The zero-order chi connectivity index (χ0) is 30.2. The number of amides is 2. The SMILES string of the molecule is CCOc1ccccc1N(CC(=O)N(Cc1ccccc1Cl)[C@H](C)C(=O)N[C@H](C)CC)S(=O)(=O)c1ccc(C)cc1. The van der Waals surface area contributed by atoms with Crippen LogP contribution in [-0.2, 0) is 26.2 Å². The first-order valence-corrected chi connectivity index (χ1v) is 15.5. The van der Waals surface area contributed by atoms with Gasteiger partial charge in [-0.3, -0.25) is 13.9 Å². The lowest BCUT2D eigenvalue weighted by molar-refractivity contribution is -0.139. The van der Waals surface area contributed by atoms with Gasteiger partial charge in [-0.2, -0.15) is 0 Å². The molecule has 10 heteroatoms. The van der Waals surface area contributed by atoms with Crippen LogP contribution in [0.15, 0.2) is 77.7 Å². The molecule has 2 amide bonds. The van der Waals surface area contributed by atoms with Crippen LogP contribution in [0.2, 0.25) is 5.02 Å². The topological polar surface area (TPSA) is 96.0 Å². The molecule has 0 aliphatic carbocycles. The average Bonchev–Trinajstić information content (AvgIpc) is 2.95. The zero-order valence-electron chi connectivity index (χ0n) is 24.1. The number of halogens is 1. The molecule has 0 aliphatic heterocycles. The Morgan fingerprint density at radius 1 is 0.951 bits per heavy atom. The minimum Gasteiger partial charge on any atom is -0.492 e. The number of hydrogen-bond donors (Lipinski definition) is 1. The van der Waals surface area contributed by atoms with Crippen LogP contribution in [0, 0.1) is 6.92 Å². The van der Waals surface area contributed by atoms with Crippen molar-refractivity contribution in [2.24, 2.45) is 0 Å². The largest absolute Gasteiger partial charge is 0.492 e. The van der Waals surface area contributed by atoms with E-state index in [0.717, 1.165) is 9.87 Å². The highest BCUT2D eigenvalue weighted by Gasteiger charge is 2.34. The second-order valence-corrected chi connectivity index (χ2v) is 12.1. The number of carbonyl (C=O) groups is 2. The summed E-state index contributed by atoms with van der Waals surface area (Å²) in [5.74, 6) is -0.597. The van der Waals surface area contributed by atoms with Gasteiger partial charge in [0.2, 0.25) is 11.8 Å². The smallest absolute Gasteiger partial charge is 0.264 e. The van der Waals surface area contributed by atoms with Crippen LogP contribution in [0.1, 0.15) is 45.2 Å². The molecule has 8 nitrogen and oxygen atoms in total. The van der Waals surface area contributed by atoms with E-state index < -0.39 is 28.5 Å². The molecular weight excluding hydrogens is 562 g/mol. The van der Waals surface area contributed by atoms with Crippen molar-refractivity contribution in [3.63, 3.8) is 0 Å². The Morgan fingerprint density at radius 2 is 1.59 bits per heavy atom. The number of aryl methyl sites for hydroxylation is 1. The number of carbonyl (C=O) groups excluding carboxylic acids is 2. The molecule has 3 rings (SSSR count). The van der Waals surface area contributed by atoms with Crippen molar-refractivity contribution in [1.82, 2.24) is 10.2 Å². The summed E-state index contributed by atoms with van der Waals surface area (Å²) in [6, 6.07) is 19.1. The lowest BCUT2D eigenvalue weighted by atomic mass is 10.1. The van der Waals surface area contributed by atoms with Crippen LogP contribution in [0.4, 0.5) is 5.69 Å². The Kier molecular flexibility index (Phi) is 11.2. The minimum absolute atomic E-state index is 0.0130. The van der Waals surface area contributed by atoms with Gasteiger partial charge in [0.05, 0.1) is 17.2 Å². The summed E-state index contributed by atoms with van der Waals surface area (Å²) in [6.45, 7) is 8.86. The first-order valence-electron chi connectivity index (χ1n) is 13.6. The number of para-hydroxylation sites is 2. The number of nitrogens with zero attached hydrogens (tertiary/aromatic N) is 2. The summed E-state index contributed by atoms with van der Waals surface area (Å²) in [4.78, 5) is 28.7. The van der Waals surface area contributed by atoms with E-state index in [1.807, 2.05) is 20.8 Å². The monoisotopic (exact) mass is 599 g/mol. The predicted octanol–water partition coefficient (Wildman–Crippen LogP) is 5.57. The molecule has 1 N–H and O–H groups in total. The minimum atomic E-state index is -4.21. The van der Waals surface area contributed by atoms with Gasteiger partial charge in [0.1, 0.15) is 18.3 Å². The van der Waals surface area contributed by atoms with E-state index in [4.69, 9.17) is 16.3 Å². The van der Waals surface area contributed by atoms with E-state index in [1.54, 1.807) is 74.5 Å². The summed E-state index contributed by atoms with van der Waals surface area (Å²) >= 11 is 6.43. The number of nitrogens with one attached hydrogen (secondary N) is 1. The van der Waals surface area contributed by atoms with Crippen molar-refractivity contribution in [3.05, 3.63) is 88.9 Å². The number of hydrogen-bond acceptors (Lipinski definition) is 5. The Bertz CT molecular complexity index is 1450. The predicted molar refractivity (Wildman–Crippen MR) is 163 cm³/mol. The standard InChI is InChI=1S/C31H38ClN3O5S/c1-6-23(4)33-31(37)24(5)34(20-25-12-8-9-13-27(25)32)30(36)21-35(28-14-10-11-15-29(28)40-7-2)41(38,39)26-18-16-22(3)17-19-26/h8-19,23-24H,6-7,20-21H2,1-5H3,(H,33,37)/t23-,24-/m1/s1. The summed E-state index contributed by atoms with van der Waals surface area (Å²) in [7, 11) is -4.21. The molecule has 0 radical (unpaired) electrons. The first kappa shape index (κ1) is 32.0. The third-order valence-electron chi connectivity index (χ3n) is 6.79. The number of sulfonamides is 1. The maximum atomic E-state index is 14.1. The van der Waals surface area contributed by atoms with Gasteiger partial charge in [-0.1, -0.05) is 66.6 Å². The number of ether oxygens (including phenoxy) is 1. The van der Waals surface area contributed by atoms with E-state index in [1.165, 1.54) is 17.0 Å². The van der Waals surface area contributed by atoms with Crippen LogP contribution < -0.4 is 14.4 Å². The molecule has 0 saturated heterocycles. The normalized spacial score (nSPS) is 12.7. The highest BCUT2D eigenvalue weighted by molar-refractivity contribution is 7.92. The number of anilines is 1. The molecule has 41 heavy (non-hydrogen) atoms. The Hall–Kier alpha value is -3.56. The number of benzene rings is 3. The van der Waals surface area contributed by atoms with Crippen LogP contribution in [0.3, 0.4) is 0 Å². The van der Waals surface area contributed by atoms with Gasteiger partial charge in [-0.05, 0) is 70.0 Å². The third kappa shape index (κ3) is 8.01. The lowest BCUT2D eigenvalue weighted by Gasteiger charge is -2.33. The zero-order valence-corrected chi connectivity index (χ0v) is 25.7. The maximum absolute atomic E-state index is 14.1. The van der Waals surface area contributed by atoms with Crippen molar-refractivity contribution in [3.8, 4) is 5.75 Å². The molecular formula is C31H38ClN3O5S. The molecule has 3 aromatic carbocycles. The van der Waals surface area contributed by atoms with E-state index in [2.05, 4.69) is 5.32 Å². The molecule has 220 valence electrons.